The van der Waals surface area contributed by atoms with Gasteiger partial charge in [0.1, 0.15) is 11.6 Å². The van der Waals surface area contributed by atoms with Crippen LogP contribution in [0.2, 0.25) is 0 Å². The fourth-order valence-corrected chi connectivity index (χ4v) is 1.06. The normalized spacial score (nSPS) is 9.93. The fourth-order valence-electron chi connectivity index (χ4n) is 1.06. The molecule has 0 aliphatic heterocycles. The number of ether oxygens (including phenoxy) is 1. The molecular formula is C10H7FN2O2. The van der Waals surface area contributed by atoms with Gasteiger partial charge in [0, 0.05) is 6.07 Å². The van der Waals surface area contributed by atoms with E-state index in [-0.39, 0.29) is 11.4 Å². The van der Waals surface area contributed by atoms with Crippen LogP contribution in [0.1, 0.15) is 0 Å². The van der Waals surface area contributed by atoms with Gasteiger partial charge < -0.3 is 9.72 Å². The molecule has 0 unspecified atom stereocenters. The van der Waals surface area contributed by atoms with Crippen molar-refractivity contribution in [2.45, 2.75) is 0 Å². The zero-order valence-electron chi connectivity index (χ0n) is 7.61. The van der Waals surface area contributed by atoms with Gasteiger partial charge in [-0.25, -0.2) is 9.37 Å². The number of rotatable bonds is 2. The number of benzene rings is 1. The van der Waals surface area contributed by atoms with Gasteiger partial charge in [-0.3, -0.25) is 4.79 Å². The quantitative estimate of drug-likeness (QED) is 0.813. The van der Waals surface area contributed by atoms with Gasteiger partial charge in [0.15, 0.2) is 0 Å². The Morgan fingerprint density at radius 1 is 1.33 bits per heavy atom. The Morgan fingerprint density at radius 3 is 2.93 bits per heavy atom. The van der Waals surface area contributed by atoms with Crippen molar-refractivity contribution in [3.05, 3.63) is 52.8 Å². The summed E-state index contributed by atoms with van der Waals surface area (Å²) in [6, 6.07) is 6.79. The summed E-state index contributed by atoms with van der Waals surface area (Å²) in [6.45, 7) is 0. The molecule has 2 aromatic rings. The molecule has 1 N–H and O–H groups in total. The van der Waals surface area contributed by atoms with Crippen molar-refractivity contribution >= 4 is 0 Å². The lowest BCUT2D eigenvalue weighted by Crippen LogP contribution is -2.04. The molecule has 1 aromatic carbocycles. The molecule has 0 aliphatic rings. The van der Waals surface area contributed by atoms with E-state index >= 15 is 0 Å². The number of H-pyrrole nitrogens is 1. The summed E-state index contributed by atoms with van der Waals surface area (Å²) in [6.07, 6.45) is 1.22. The molecule has 0 atom stereocenters. The summed E-state index contributed by atoms with van der Waals surface area (Å²) < 4.78 is 17.9. The second-order valence-corrected chi connectivity index (χ2v) is 2.81. The van der Waals surface area contributed by atoms with E-state index < -0.39 is 5.82 Å². The first-order valence-corrected chi connectivity index (χ1v) is 4.22. The lowest BCUT2D eigenvalue weighted by Gasteiger charge is -2.02. The molecule has 0 saturated heterocycles. The second kappa shape index (κ2) is 3.91. The van der Waals surface area contributed by atoms with Crippen LogP contribution in [0.25, 0.3) is 0 Å². The van der Waals surface area contributed by atoms with Crippen molar-refractivity contribution in [3.8, 4) is 11.6 Å². The second-order valence-electron chi connectivity index (χ2n) is 2.81. The molecule has 0 aliphatic carbocycles. The number of hydrogen-bond acceptors (Lipinski definition) is 3. The highest BCUT2D eigenvalue weighted by Crippen LogP contribution is 2.17. The molecule has 0 fully saturated rings. The average Bonchev–Trinajstić information content (AvgIpc) is 2.17. The first-order chi connectivity index (χ1) is 7.24. The standard InChI is InChI=1S/C10H7FN2O2/c11-7-2-1-3-8(4-7)15-10-5-9(14)12-6-13-10/h1-6H,(H,12,13,14). The summed E-state index contributed by atoms with van der Waals surface area (Å²) in [7, 11) is 0. The first kappa shape index (κ1) is 9.39. The number of hydrogen-bond donors (Lipinski definition) is 1. The third-order valence-electron chi connectivity index (χ3n) is 1.67. The Morgan fingerprint density at radius 2 is 2.20 bits per heavy atom. The first-order valence-electron chi connectivity index (χ1n) is 4.22. The smallest absolute Gasteiger partial charge is 0.254 e. The Hall–Kier alpha value is -2.17. The number of nitrogens with one attached hydrogen (secondary N) is 1. The van der Waals surface area contributed by atoms with Crippen LogP contribution >= 0.6 is 0 Å². The van der Waals surface area contributed by atoms with Gasteiger partial charge in [-0.15, -0.1) is 0 Å². The SMILES string of the molecule is O=c1cc(Oc2cccc(F)c2)nc[nH]1. The van der Waals surface area contributed by atoms with Gasteiger partial charge in [0.2, 0.25) is 5.88 Å². The topological polar surface area (TPSA) is 55.0 Å². The molecule has 5 heteroatoms. The summed E-state index contributed by atoms with van der Waals surface area (Å²) in [5.74, 6) is 0.0230. The molecule has 4 nitrogen and oxygen atoms in total. The zero-order chi connectivity index (χ0) is 10.7. The van der Waals surface area contributed by atoms with Crippen LogP contribution in [0.15, 0.2) is 41.5 Å². The van der Waals surface area contributed by atoms with E-state index in [1.54, 1.807) is 6.07 Å². The van der Waals surface area contributed by atoms with Gasteiger partial charge in [0.25, 0.3) is 5.56 Å². The van der Waals surface area contributed by atoms with Crippen LogP contribution in [-0.4, -0.2) is 9.97 Å². The molecule has 2 rings (SSSR count). The van der Waals surface area contributed by atoms with Crippen molar-refractivity contribution < 1.29 is 9.13 Å². The lowest BCUT2D eigenvalue weighted by molar-refractivity contribution is 0.456. The molecule has 1 aromatic heterocycles. The highest BCUT2D eigenvalue weighted by atomic mass is 19.1. The van der Waals surface area contributed by atoms with E-state index in [9.17, 15) is 9.18 Å². The number of halogens is 1. The Bertz CT molecular complexity index is 525. The van der Waals surface area contributed by atoms with E-state index in [2.05, 4.69) is 9.97 Å². The van der Waals surface area contributed by atoms with Crippen LogP contribution in [-0.2, 0) is 0 Å². The number of nitrogens with zero attached hydrogens (tertiary/aromatic N) is 1. The zero-order valence-corrected chi connectivity index (χ0v) is 7.61. The maximum Gasteiger partial charge on any atom is 0.254 e. The average molecular weight is 206 g/mol. The molecule has 15 heavy (non-hydrogen) atoms. The Labute approximate surface area is 84.4 Å². The van der Waals surface area contributed by atoms with Crippen LogP contribution in [0.4, 0.5) is 4.39 Å². The number of aromatic amines is 1. The summed E-state index contributed by atoms with van der Waals surface area (Å²) in [5.41, 5.74) is -0.323. The molecular weight excluding hydrogens is 199 g/mol. The van der Waals surface area contributed by atoms with Crippen molar-refractivity contribution in [2.75, 3.05) is 0 Å². The molecule has 0 saturated carbocycles. The van der Waals surface area contributed by atoms with Crippen LogP contribution in [0.3, 0.4) is 0 Å². The van der Waals surface area contributed by atoms with E-state index in [4.69, 9.17) is 4.74 Å². The highest BCUT2D eigenvalue weighted by Gasteiger charge is 1.99. The van der Waals surface area contributed by atoms with E-state index in [1.807, 2.05) is 0 Å². The van der Waals surface area contributed by atoms with Crippen molar-refractivity contribution in [1.29, 1.82) is 0 Å². The van der Waals surface area contributed by atoms with E-state index in [0.717, 1.165) is 0 Å². The van der Waals surface area contributed by atoms with Gasteiger partial charge in [-0.05, 0) is 12.1 Å². The van der Waals surface area contributed by atoms with Gasteiger partial charge in [0.05, 0.1) is 12.4 Å². The summed E-state index contributed by atoms with van der Waals surface area (Å²) in [4.78, 5) is 17.0. The third kappa shape index (κ3) is 2.40. The predicted molar refractivity (Wildman–Crippen MR) is 51.3 cm³/mol. The highest BCUT2D eigenvalue weighted by molar-refractivity contribution is 5.26. The van der Waals surface area contributed by atoms with Crippen LogP contribution < -0.4 is 10.3 Å². The fraction of sp³-hybridized carbons (Fsp3) is 0. The Balaban J connectivity index is 2.26. The predicted octanol–water partition coefficient (Wildman–Crippen LogP) is 1.70. The maximum absolute atomic E-state index is 12.8. The molecule has 0 amide bonds. The van der Waals surface area contributed by atoms with Gasteiger partial charge in [-0.2, -0.15) is 0 Å². The van der Waals surface area contributed by atoms with Crippen molar-refractivity contribution in [2.24, 2.45) is 0 Å². The van der Waals surface area contributed by atoms with Crippen molar-refractivity contribution in [3.63, 3.8) is 0 Å². The van der Waals surface area contributed by atoms with Gasteiger partial charge in [-0.1, -0.05) is 6.07 Å². The minimum atomic E-state index is -0.405. The van der Waals surface area contributed by atoms with Crippen LogP contribution in [0.5, 0.6) is 11.6 Å². The third-order valence-corrected chi connectivity index (χ3v) is 1.67. The molecule has 0 radical (unpaired) electrons. The lowest BCUT2D eigenvalue weighted by atomic mass is 10.3. The Kier molecular flexibility index (Phi) is 2.45. The molecule has 0 spiro atoms. The molecule has 76 valence electrons. The van der Waals surface area contributed by atoms with Crippen molar-refractivity contribution in [1.82, 2.24) is 9.97 Å². The summed E-state index contributed by atoms with van der Waals surface area (Å²) in [5, 5.41) is 0. The maximum atomic E-state index is 12.8. The van der Waals surface area contributed by atoms with E-state index in [1.165, 1.54) is 30.6 Å². The summed E-state index contributed by atoms with van der Waals surface area (Å²) >= 11 is 0. The largest absolute Gasteiger partial charge is 0.439 e. The molecule has 1 heterocycles. The minimum absolute atomic E-state index is 0.129. The molecule has 0 bridgehead atoms. The monoisotopic (exact) mass is 206 g/mol. The minimum Gasteiger partial charge on any atom is -0.439 e. The van der Waals surface area contributed by atoms with Crippen LogP contribution in [0, 0.1) is 5.82 Å². The van der Waals surface area contributed by atoms with Gasteiger partial charge >= 0.3 is 0 Å². The van der Waals surface area contributed by atoms with E-state index in [0.29, 0.717) is 5.75 Å². The number of aromatic nitrogens is 2.